The zero-order valence-electron chi connectivity index (χ0n) is 11.1. The van der Waals surface area contributed by atoms with Crippen LogP contribution >= 0.6 is 12.4 Å². The normalized spacial score (nSPS) is 20.8. The number of nitrogens with one attached hydrogen (secondary N) is 1. The maximum absolute atomic E-state index is 12.3. The molecule has 1 aliphatic heterocycles. The van der Waals surface area contributed by atoms with E-state index in [4.69, 9.17) is 0 Å². The fourth-order valence-electron chi connectivity index (χ4n) is 2.24. The van der Waals surface area contributed by atoms with Crippen LogP contribution in [0.2, 0.25) is 0 Å². The Kier molecular flexibility index (Phi) is 6.26. The van der Waals surface area contributed by atoms with Crippen LogP contribution in [-0.4, -0.2) is 44.2 Å². The van der Waals surface area contributed by atoms with E-state index in [0.29, 0.717) is 13.0 Å². The van der Waals surface area contributed by atoms with Crippen LogP contribution in [0.4, 0.5) is 0 Å². The molecule has 19 heavy (non-hydrogen) atoms. The molecular weight excluding hydrogens is 284 g/mol. The number of sulfonamides is 1. The first-order valence-electron chi connectivity index (χ1n) is 6.34. The van der Waals surface area contributed by atoms with Crippen molar-refractivity contribution in [2.45, 2.75) is 19.4 Å². The third-order valence-corrected chi connectivity index (χ3v) is 5.27. The molecule has 0 radical (unpaired) electrons. The van der Waals surface area contributed by atoms with Gasteiger partial charge >= 0.3 is 0 Å². The van der Waals surface area contributed by atoms with Crippen LogP contribution in [0.1, 0.15) is 12.5 Å². The minimum Gasteiger partial charge on any atom is -0.314 e. The lowest BCUT2D eigenvalue weighted by molar-refractivity contribution is 0.284. The number of aryl methyl sites for hydroxylation is 1. The van der Waals surface area contributed by atoms with E-state index in [-0.39, 0.29) is 24.2 Å². The molecule has 0 unspecified atom stereocenters. The van der Waals surface area contributed by atoms with E-state index >= 15 is 0 Å². The van der Waals surface area contributed by atoms with Gasteiger partial charge in [0.2, 0.25) is 10.0 Å². The lowest BCUT2D eigenvalue weighted by Gasteiger charge is -2.32. The van der Waals surface area contributed by atoms with Crippen molar-refractivity contribution in [3.8, 4) is 0 Å². The first-order valence-corrected chi connectivity index (χ1v) is 7.95. The zero-order chi connectivity index (χ0) is 13.0. The molecule has 0 saturated carbocycles. The van der Waals surface area contributed by atoms with Crippen molar-refractivity contribution >= 4 is 22.4 Å². The van der Waals surface area contributed by atoms with Crippen molar-refractivity contribution in [2.75, 3.05) is 25.4 Å². The average molecular weight is 305 g/mol. The molecule has 0 aliphatic carbocycles. The highest BCUT2D eigenvalue weighted by Crippen LogP contribution is 2.12. The van der Waals surface area contributed by atoms with Gasteiger partial charge in [-0.2, -0.15) is 4.31 Å². The Morgan fingerprint density at radius 1 is 1.32 bits per heavy atom. The molecular formula is C13H21ClN2O2S. The smallest absolute Gasteiger partial charge is 0.214 e. The summed E-state index contributed by atoms with van der Waals surface area (Å²) in [5, 5.41) is 3.20. The van der Waals surface area contributed by atoms with Crippen LogP contribution in [0.15, 0.2) is 30.3 Å². The molecule has 1 N–H and O–H groups in total. The summed E-state index contributed by atoms with van der Waals surface area (Å²) >= 11 is 0. The molecule has 0 bridgehead atoms. The SMILES string of the molecule is C[C@@H]1CNCCN1S(=O)(=O)CCc1ccccc1.Cl. The Labute approximate surface area is 121 Å². The van der Waals surface area contributed by atoms with Crippen molar-refractivity contribution in [1.29, 1.82) is 0 Å². The molecule has 1 atom stereocenters. The van der Waals surface area contributed by atoms with Crippen LogP contribution in [0, 0.1) is 0 Å². The Bertz CT molecular complexity index is 479. The summed E-state index contributed by atoms with van der Waals surface area (Å²) < 4.78 is 26.2. The van der Waals surface area contributed by atoms with Gasteiger partial charge in [-0.3, -0.25) is 0 Å². The number of halogens is 1. The van der Waals surface area contributed by atoms with E-state index in [0.717, 1.165) is 18.7 Å². The first kappa shape index (κ1) is 16.4. The Morgan fingerprint density at radius 2 is 2.00 bits per heavy atom. The van der Waals surface area contributed by atoms with Crippen molar-refractivity contribution in [3.05, 3.63) is 35.9 Å². The van der Waals surface area contributed by atoms with Crippen molar-refractivity contribution in [2.24, 2.45) is 0 Å². The van der Waals surface area contributed by atoms with Gasteiger partial charge in [0, 0.05) is 25.7 Å². The third-order valence-electron chi connectivity index (χ3n) is 3.29. The molecule has 1 fully saturated rings. The Balaban J connectivity index is 0.00000180. The standard InChI is InChI=1S/C13H20N2O2S.ClH/c1-12-11-14-8-9-15(12)18(16,17)10-7-13-5-3-2-4-6-13;/h2-6,12,14H,7-11H2,1H3;1H/t12-;/m1./s1. The minimum absolute atomic E-state index is 0. The summed E-state index contributed by atoms with van der Waals surface area (Å²) in [7, 11) is -3.14. The van der Waals surface area contributed by atoms with Crippen molar-refractivity contribution < 1.29 is 8.42 Å². The van der Waals surface area contributed by atoms with Crippen LogP contribution in [0.25, 0.3) is 0 Å². The highest BCUT2D eigenvalue weighted by molar-refractivity contribution is 7.89. The van der Waals surface area contributed by atoms with Crippen LogP contribution in [-0.2, 0) is 16.4 Å². The molecule has 0 spiro atoms. The van der Waals surface area contributed by atoms with E-state index in [1.165, 1.54) is 0 Å². The molecule has 1 aliphatic rings. The van der Waals surface area contributed by atoms with Crippen LogP contribution < -0.4 is 5.32 Å². The molecule has 0 aromatic heterocycles. The zero-order valence-corrected chi connectivity index (χ0v) is 12.7. The third kappa shape index (κ3) is 4.45. The highest BCUT2D eigenvalue weighted by Gasteiger charge is 2.28. The quantitative estimate of drug-likeness (QED) is 0.911. The Hall–Kier alpha value is -0.620. The molecule has 2 rings (SSSR count). The lowest BCUT2D eigenvalue weighted by Crippen LogP contribution is -2.52. The lowest BCUT2D eigenvalue weighted by atomic mass is 10.2. The molecule has 1 aromatic carbocycles. The maximum Gasteiger partial charge on any atom is 0.214 e. The Morgan fingerprint density at radius 3 is 2.63 bits per heavy atom. The second kappa shape index (κ2) is 7.24. The fourth-order valence-corrected chi connectivity index (χ4v) is 3.96. The van der Waals surface area contributed by atoms with Crippen molar-refractivity contribution in [3.63, 3.8) is 0 Å². The topological polar surface area (TPSA) is 49.4 Å². The van der Waals surface area contributed by atoms with E-state index in [1.54, 1.807) is 4.31 Å². The van der Waals surface area contributed by atoms with Gasteiger partial charge in [0.1, 0.15) is 0 Å². The summed E-state index contributed by atoms with van der Waals surface area (Å²) in [5.74, 6) is 0.196. The maximum atomic E-state index is 12.3. The monoisotopic (exact) mass is 304 g/mol. The summed E-state index contributed by atoms with van der Waals surface area (Å²) in [6.07, 6.45) is 0.583. The average Bonchev–Trinajstić information content (AvgIpc) is 2.38. The summed E-state index contributed by atoms with van der Waals surface area (Å²) in [6.45, 7) is 4.02. The largest absolute Gasteiger partial charge is 0.314 e. The number of hydrogen-bond acceptors (Lipinski definition) is 3. The van der Waals surface area contributed by atoms with Gasteiger partial charge in [0.25, 0.3) is 0 Å². The molecule has 108 valence electrons. The van der Waals surface area contributed by atoms with E-state index in [1.807, 2.05) is 37.3 Å². The van der Waals surface area contributed by atoms with Gasteiger partial charge in [-0.25, -0.2) is 8.42 Å². The van der Waals surface area contributed by atoms with E-state index in [2.05, 4.69) is 5.32 Å². The van der Waals surface area contributed by atoms with Gasteiger partial charge in [-0.15, -0.1) is 12.4 Å². The van der Waals surface area contributed by atoms with Gasteiger partial charge < -0.3 is 5.32 Å². The molecule has 1 heterocycles. The summed E-state index contributed by atoms with van der Waals surface area (Å²) in [6, 6.07) is 9.81. The molecule has 0 amide bonds. The number of piperazine rings is 1. The minimum atomic E-state index is -3.14. The molecule has 6 heteroatoms. The van der Waals surface area contributed by atoms with Crippen LogP contribution in [0.3, 0.4) is 0 Å². The highest BCUT2D eigenvalue weighted by atomic mass is 35.5. The molecule has 4 nitrogen and oxygen atoms in total. The fraction of sp³-hybridized carbons (Fsp3) is 0.538. The van der Waals surface area contributed by atoms with Crippen molar-refractivity contribution in [1.82, 2.24) is 9.62 Å². The second-order valence-corrected chi connectivity index (χ2v) is 6.76. The van der Waals surface area contributed by atoms with Crippen LogP contribution in [0.5, 0.6) is 0 Å². The second-order valence-electron chi connectivity index (χ2n) is 4.72. The van der Waals surface area contributed by atoms with E-state index < -0.39 is 10.0 Å². The molecule has 1 saturated heterocycles. The number of rotatable bonds is 4. The van der Waals surface area contributed by atoms with Gasteiger partial charge in [0.15, 0.2) is 0 Å². The van der Waals surface area contributed by atoms with Gasteiger partial charge in [0.05, 0.1) is 5.75 Å². The van der Waals surface area contributed by atoms with Gasteiger partial charge in [-0.05, 0) is 18.9 Å². The van der Waals surface area contributed by atoms with E-state index in [9.17, 15) is 8.42 Å². The number of benzene rings is 1. The molecule has 1 aromatic rings. The first-order chi connectivity index (χ1) is 8.59. The number of nitrogens with zero attached hydrogens (tertiary/aromatic N) is 1. The predicted molar refractivity (Wildman–Crippen MR) is 80.2 cm³/mol. The van der Waals surface area contributed by atoms with Gasteiger partial charge in [-0.1, -0.05) is 30.3 Å². The number of hydrogen-bond donors (Lipinski definition) is 1. The predicted octanol–water partition coefficient (Wildman–Crippen LogP) is 1.27. The summed E-state index contributed by atoms with van der Waals surface area (Å²) in [5.41, 5.74) is 1.07. The summed E-state index contributed by atoms with van der Waals surface area (Å²) in [4.78, 5) is 0.